The van der Waals surface area contributed by atoms with Crippen molar-refractivity contribution in [2.75, 3.05) is 6.54 Å². The fraction of sp³-hybridized carbons (Fsp3) is 0.650. The Morgan fingerprint density at radius 1 is 1.38 bits per heavy atom. The number of ether oxygens (including phenoxy) is 1. The van der Waals surface area contributed by atoms with Crippen LogP contribution in [0.5, 0.6) is 0 Å². The van der Waals surface area contributed by atoms with E-state index in [4.69, 9.17) is 9.15 Å². The topological polar surface area (TPSA) is 68.5 Å². The summed E-state index contributed by atoms with van der Waals surface area (Å²) < 4.78 is 11.2. The van der Waals surface area contributed by atoms with Gasteiger partial charge in [0.15, 0.2) is 0 Å². The van der Waals surface area contributed by atoms with Crippen LogP contribution < -0.4 is 0 Å². The largest absolute Gasteiger partial charge is 0.444 e. The van der Waals surface area contributed by atoms with Crippen LogP contribution >= 0.6 is 0 Å². The maximum Gasteiger partial charge on any atom is 0.410 e. The van der Waals surface area contributed by atoms with Gasteiger partial charge >= 0.3 is 6.09 Å². The number of hydrogen-bond acceptors (Lipinski definition) is 5. The Balaban J connectivity index is 0.000000765. The van der Waals surface area contributed by atoms with Crippen molar-refractivity contribution in [3.05, 3.63) is 36.6 Å². The van der Waals surface area contributed by atoms with E-state index in [2.05, 4.69) is 30.3 Å². The maximum atomic E-state index is 12.3. The average Bonchev–Trinajstić information content (AvgIpc) is 3.22. The van der Waals surface area contributed by atoms with Gasteiger partial charge in [-0.1, -0.05) is 32.1 Å². The Bertz CT molecular complexity index is 602. The molecule has 0 bridgehead atoms. The first-order chi connectivity index (χ1) is 12.2. The van der Waals surface area contributed by atoms with Gasteiger partial charge in [-0.25, -0.2) is 4.79 Å². The number of nitrogens with zero attached hydrogens (tertiary/aromatic N) is 3. The molecule has 2 rings (SSSR count). The predicted octanol–water partition coefficient (Wildman–Crippen LogP) is 5.23. The molecule has 6 nitrogen and oxygen atoms in total. The highest BCUT2D eigenvalue weighted by Crippen LogP contribution is 2.32. The van der Waals surface area contributed by atoms with Crippen LogP contribution in [-0.4, -0.2) is 33.3 Å². The lowest BCUT2D eigenvalue weighted by Gasteiger charge is -2.27. The van der Waals surface area contributed by atoms with Gasteiger partial charge in [0.2, 0.25) is 11.8 Å². The smallest absolute Gasteiger partial charge is 0.410 e. The summed E-state index contributed by atoms with van der Waals surface area (Å²) in [6.45, 7) is 17.8. The molecule has 1 aliphatic heterocycles. The van der Waals surface area contributed by atoms with Crippen molar-refractivity contribution in [1.82, 2.24) is 15.1 Å². The van der Waals surface area contributed by atoms with E-state index < -0.39 is 5.60 Å². The van der Waals surface area contributed by atoms with E-state index in [1.165, 1.54) is 0 Å². The Hall–Kier alpha value is -2.11. The third-order valence-electron chi connectivity index (χ3n) is 3.84. The molecule has 0 radical (unpaired) electrons. The summed E-state index contributed by atoms with van der Waals surface area (Å²) in [6, 6.07) is -0.189. The van der Waals surface area contributed by atoms with Crippen LogP contribution in [0.3, 0.4) is 0 Å². The van der Waals surface area contributed by atoms with Crippen molar-refractivity contribution in [2.24, 2.45) is 0 Å². The minimum Gasteiger partial charge on any atom is -0.444 e. The molecule has 146 valence electrons. The average molecular weight is 364 g/mol. The highest BCUT2D eigenvalue weighted by atomic mass is 16.6. The van der Waals surface area contributed by atoms with Crippen molar-refractivity contribution in [1.29, 1.82) is 0 Å². The first-order valence-electron chi connectivity index (χ1n) is 9.31. The first-order valence-corrected chi connectivity index (χ1v) is 9.31. The molecule has 1 aliphatic rings. The van der Waals surface area contributed by atoms with Crippen molar-refractivity contribution in [2.45, 2.75) is 78.4 Å². The Morgan fingerprint density at radius 2 is 2.04 bits per heavy atom. The quantitative estimate of drug-likeness (QED) is 0.670. The van der Waals surface area contributed by atoms with Gasteiger partial charge in [-0.05, 0) is 46.5 Å². The summed E-state index contributed by atoms with van der Waals surface area (Å²) >= 11 is 0. The number of amides is 1. The van der Waals surface area contributed by atoms with Crippen LogP contribution in [0.25, 0.3) is 0 Å². The second-order valence-corrected chi connectivity index (χ2v) is 7.34. The summed E-state index contributed by atoms with van der Waals surface area (Å²) in [6.07, 6.45) is 5.82. The summed E-state index contributed by atoms with van der Waals surface area (Å²) in [5, 5.41) is 8.17. The highest BCUT2D eigenvalue weighted by Gasteiger charge is 2.36. The van der Waals surface area contributed by atoms with Crippen LogP contribution in [0.15, 0.2) is 29.2 Å². The van der Waals surface area contributed by atoms with Gasteiger partial charge in [0.25, 0.3) is 0 Å². The first kappa shape index (κ1) is 21.9. The molecule has 1 fully saturated rings. The Morgan fingerprint density at radius 3 is 2.58 bits per heavy atom. The molecule has 1 aromatic heterocycles. The van der Waals surface area contributed by atoms with Crippen molar-refractivity contribution < 1.29 is 13.9 Å². The number of rotatable bonds is 5. The SMILES string of the molecule is C=C(CC)Cc1nnc([C@@H]2CCCN2C(=O)OC(C)(C)C)o1.C=CCC. The molecular formula is C20H33N3O3. The number of allylic oxidation sites excluding steroid dienone is 2. The molecular weight excluding hydrogens is 330 g/mol. The second kappa shape index (κ2) is 10.1. The van der Waals surface area contributed by atoms with E-state index in [0.29, 0.717) is 24.7 Å². The van der Waals surface area contributed by atoms with E-state index in [1.54, 1.807) is 4.90 Å². The van der Waals surface area contributed by atoms with Crippen molar-refractivity contribution in [3.63, 3.8) is 0 Å². The minimum atomic E-state index is -0.511. The zero-order valence-electron chi connectivity index (χ0n) is 16.9. The lowest BCUT2D eigenvalue weighted by atomic mass is 10.2. The van der Waals surface area contributed by atoms with Gasteiger partial charge in [-0.2, -0.15) is 0 Å². The van der Waals surface area contributed by atoms with Gasteiger partial charge in [-0.3, -0.25) is 4.90 Å². The molecule has 26 heavy (non-hydrogen) atoms. The van der Waals surface area contributed by atoms with Crippen LogP contribution in [0.4, 0.5) is 4.79 Å². The van der Waals surface area contributed by atoms with Crippen LogP contribution in [0.2, 0.25) is 0 Å². The third-order valence-corrected chi connectivity index (χ3v) is 3.84. The molecule has 0 aliphatic carbocycles. The summed E-state index contributed by atoms with van der Waals surface area (Å²) in [5.41, 5.74) is 0.536. The zero-order chi connectivity index (χ0) is 19.7. The van der Waals surface area contributed by atoms with Gasteiger partial charge in [0.1, 0.15) is 11.6 Å². The summed E-state index contributed by atoms with van der Waals surface area (Å²) in [5.74, 6) is 1.04. The lowest BCUT2D eigenvalue weighted by molar-refractivity contribution is 0.0203. The number of carbonyl (C=O) groups is 1. The molecule has 0 aromatic carbocycles. The van der Waals surface area contributed by atoms with Gasteiger partial charge in [0, 0.05) is 13.0 Å². The maximum absolute atomic E-state index is 12.3. The fourth-order valence-corrected chi connectivity index (χ4v) is 2.37. The van der Waals surface area contributed by atoms with Gasteiger partial charge in [0.05, 0.1) is 0 Å². The molecule has 0 unspecified atom stereocenters. The zero-order valence-corrected chi connectivity index (χ0v) is 16.9. The van der Waals surface area contributed by atoms with E-state index >= 15 is 0 Å². The molecule has 0 N–H and O–H groups in total. The van der Waals surface area contributed by atoms with Crippen molar-refractivity contribution >= 4 is 6.09 Å². The fourth-order valence-electron chi connectivity index (χ4n) is 2.37. The standard InChI is InChI=1S/C16H25N3O3.C4H8/c1-6-11(2)10-13-17-18-14(21-13)12-8-7-9-19(12)15(20)22-16(3,4)5;1-3-4-2/h12H,2,6-10H2,1,3-5H3;3H,1,4H2,2H3/t12-;/m0./s1. The molecule has 1 amide bonds. The van der Waals surface area contributed by atoms with Crippen LogP contribution in [-0.2, 0) is 11.2 Å². The molecule has 0 saturated carbocycles. The van der Waals surface area contributed by atoms with Crippen molar-refractivity contribution in [3.8, 4) is 0 Å². The van der Waals surface area contributed by atoms with E-state index in [0.717, 1.165) is 31.3 Å². The number of hydrogen-bond donors (Lipinski definition) is 0. The molecule has 0 spiro atoms. The van der Waals surface area contributed by atoms with Gasteiger partial charge in [-0.15, -0.1) is 16.8 Å². The molecule has 1 atom stereocenters. The molecule has 1 aromatic rings. The normalized spacial score (nSPS) is 16.7. The van der Waals surface area contributed by atoms with Crippen LogP contribution in [0, 0.1) is 0 Å². The highest BCUT2D eigenvalue weighted by molar-refractivity contribution is 5.69. The molecule has 1 saturated heterocycles. The Labute approximate surface area is 157 Å². The summed E-state index contributed by atoms with van der Waals surface area (Å²) in [4.78, 5) is 14.0. The predicted molar refractivity (Wildman–Crippen MR) is 103 cm³/mol. The second-order valence-electron chi connectivity index (χ2n) is 7.34. The van der Waals surface area contributed by atoms with E-state index in [1.807, 2.05) is 33.8 Å². The van der Waals surface area contributed by atoms with Crippen LogP contribution in [0.1, 0.15) is 78.1 Å². The third kappa shape index (κ3) is 7.02. The molecule has 6 heteroatoms. The Kier molecular flexibility index (Phi) is 8.55. The van der Waals surface area contributed by atoms with Gasteiger partial charge < -0.3 is 9.15 Å². The number of likely N-dealkylation sites (tertiary alicyclic amines) is 1. The number of aromatic nitrogens is 2. The van der Waals surface area contributed by atoms with E-state index in [9.17, 15) is 4.79 Å². The summed E-state index contributed by atoms with van der Waals surface area (Å²) in [7, 11) is 0. The lowest BCUT2D eigenvalue weighted by Crippen LogP contribution is -2.36. The van der Waals surface area contributed by atoms with E-state index in [-0.39, 0.29) is 12.1 Å². The number of carbonyl (C=O) groups excluding carboxylic acids is 1. The monoisotopic (exact) mass is 363 g/mol. The minimum absolute atomic E-state index is 0.189. The molecule has 2 heterocycles.